The average Bonchev–Trinajstić information content (AvgIpc) is 2.67. The quantitative estimate of drug-likeness (QED) is 0.902. The number of nitrogens with zero attached hydrogens (tertiary/aromatic N) is 1. The van der Waals surface area contributed by atoms with Crippen LogP contribution in [-0.4, -0.2) is 29.6 Å². The first-order chi connectivity index (χ1) is 9.18. The van der Waals surface area contributed by atoms with Crippen molar-refractivity contribution >= 4 is 0 Å². The number of rotatable bonds is 4. The molecule has 1 aromatic carbocycles. The number of likely N-dealkylation sites (tertiary alicyclic amines) is 1. The minimum atomic E-state index is -0.718. The summed E-state index contributed by atoms with van der Waals surface area (Å²) in [6.07, 6.45) is 4.37. The molecule has 0 saturated carbocycles. The SMILES string of the molecule is CC(CN1CCCCCC1)C(O)c1ccccc1F. The normalized spacial score (nSPS) is 20.8. The van der Waals surface area contributed by atoms with Crippen molar-refractivity contribution in [2.24, 2.45) is 5.92 Å². The maximum atomic E-state index is 13.7. The van der Waals surface area contributed by atoms with Crippen LogP contribution in [0.25, 0.3) is 0 Å². The highest BCUT2D eigenvalue weighted by molar-refractivity contribution is 5.20. The predicted molar refractivity (Wildman–Crippen MR) is 75.4 cm³/mol. The van der Waals surface area contributed by atoms with Crippen LogP contribution in [0.5, 0.6) is 0 Å². The predicted octanol–water partition coefficient (Wildman–Crippen LogP) is 3.37. The van der Waals surface area contributed by atoms with Crippen LogP contribution in [-0.2, 0) is 0 Å². The number of hydrogen-bond acceptors (Lipinski definition) is 2. The summed E-state index contributed by atoms with van der Waals surface area (Å²) in [5, 5.41) is 10.3. The van der Waals surface area contributed by atoms with Gasteiger partial charge in [0, 0.05) is 12.1 Å². The Bertz CT molecular complexity index is 388. The van der Waals surface area contributed by atoms with Crippen LogP contribution in [0.1, 0.15) is 44.3 Å². The smallest absolute Gasteiger partial charge is 0.129 e. The molecule has 1 aliphatic rings. The molecule has 2 rings (SSSR count). The third kappa shape index (κ3) is 4.02. The van der Waals surface area contributed by atoms with Gasteiger partial charge in [0.05, 0.1) is 6.10 Å². The number of hydrogen-bond donors (Lipinski definition) is 1. The van der Waals surface area contributed by atoms with Crippen molar-refractivity contribution in [1.82, 2.24) is 4.90 Å². The van der Waals surface area contributed by atoms with E-state index in [1.54, 1.807) is 18.2 Å². The fraction of sp³-hybridized carbons (Fsp3) is 0.625. The summed E-state index contributed by atoms with van der Waals surface area (Å²) in [6, 6.07) is 6.53. The third-order valence-corrected chi connectivity index (χ3v) is 4.01. The van der Waals surface area contributed by atoms with Crippen molar-refractivity contribution in [3.8, 4) is 0 Å². The van der Waals surface area contributed by atoms with Crippen molar-refractivity contribution in [2.45, 2.75) is 38.7 Å². The van der Waals surface area contributed by atoms with Gasteiger partial charge < -0.3 is 10.0 Å². The molecule has 3 heteroatoms. The second-order valence-corrected chi connectivity index (χ2v) is 5.66. The lowest BCUT2D eigenvalue weighted by atomic mass is 9.96. The van der Waals surface area contributed by atoms with Crippen molar-refractivity contribution in [3.63, 3.8) is 0 Å². The largest absolute Gasteiger partial charge is 0.388 e. The highest BCUT2D eigenvalue weighted by atomic mass is 19.1. The molecule has 1 aromatic rings. The molecule has 1 saturated heterocycles. The van der Waals surface area contributed by atoms with E-state index in [0.29, 0.717) is 5.56 Å². The van der Waals surface area contributed by atoms with Crippen LogP contribution in [0.3, 0.4) is 0 Å². The number of halogens is 1. The van der Waals surface area contributed by atoms with E-state index in [4.69, 9.17) is 0 Å². The van der Waals surface area contributed by atoms with E-state index in [1.165, 1.54) is 31.7 Å². The second kappa shape index (κ2) is 7.01. The topological polar surface area (TPSA) is 23.5 Å². The maximum absolute atomic E-state index is 13.7. The van der Waals surface area contributed by atoms with Gasteiger partial charge in [0.2, 0.25) is 0 Å². The molecule has 0 aliphatic carbocycles. The lowest BCUT2D eigenvalue weighted by Crippen LogP contribution is -2.32. The van der Waals surface area contributed by atoms with Gasteiger partial charge in [-0.25, -0.2) is 4.39 Å². The summed E-state index contributed by atoms with van der Waals surface area (Å²) in [5.41, 5.74) is 0.421. The zero-order chi connectivity index (χ0) is 13.7. The first kappa shape index (κ1) is 14.5. The van der Waals surface area contributed by atoms with Gasteiger partial charge >= 0.3 is 0 Å². The monoisotopic (exact) mass is 265 g/mol. The summed E-state index contributed by atoms with van der Waals surface area (Å²) in [6.45, 7) is 5.06. The molecular weight excluding hydrogens is 241 g/mol. The van der Waals surface area contributed by atoms with E-state index in [9.17, 15) is 9.50 Å². The molecule has 0 amide bonds. The molecule has 1 fully saturated rings. The Labute approximate surface area is 115 Å². The van der Waals surface area contributed by atoms with Crippen molar-refractivity contribution < 1.29 is 9.50 Å². The minimum Gasteiger partial charge on any atom is -0.388 e. The van der Waals surface area contributed by atoms with E-state index in [1.807, 2.05) is 6.92 Å². The fourth-order valence-corrected chi connectivity index (χ4v) is 2.85. The molecule has 0 spiro atoms. The Kier molecular flexibility index (Phi) is 5.34. The van der Waals surface area contributed by atoms with Gasteiger partial charge in [-0.1, -0.05) is 38.0 Å². The first-order valence-electron chi connectivity index (χ1n) is 7.33. The standard InChI is InChI=1S/C16H24FNO/c1-13(12-18-10-6-2-3-7-11-18)16(19)14-8-4-5-9-15(14)17/h4-5,8-9,13,16,19H,2-3,6-7,10-12H2,1H3. The number of aliphatic hydroxyl groups excluding tert-OH is 1. The van der Waals surface area contributed by atoms with Gasteiger partial charge in [-0.05, 0) is 37.9 Å². The van der Waals surface area contributed by atoms with E-state index < -0.39 is 6.10 Å². The molecule has 2 atom stereocenters. The van der Waals surface area contributed by atoms with Gasteiger partial charge in [0.1, 0.15) is 5.82 Å². The van der Waals surface area contributed by atoms with Crippen LogP contribution in [0.2, 0.25) is 0 Å². The highest BCUT2D eigenvalue weighted by Crippen LogP contribution is 2.25. The third-order valence-electron chi connectivity index (χ3n) is 4.01. The molecule has 106 valence electrons. The van der Waals surface area contributed by atoms with E-state index in [-0.39, 0.29) is 11.7 Å². The fourth-order valence-electron chi connectivity index (χ4n) is 2.85. The van der Waals surface area contributed by atoms with Gasteiger partial charge in [0.15, 0.2) is 0 Å². The summed E-state index contributed by atoms with van der Waals surface area (Å²) >= 11 is 0. The van der Waals surface area contributed by atoms with E-state index in [0.717, 1.165) is 19.6 Å². The lowest BCUT2D eigenvalue weighted by Gasteiger charge is -2.27. The Hall–Kier alpha value is -0.930. The van der Waals surface area contributed by atoms with Crippen molar-refractivity contribution in [3.05, 3.63) is 35.6 Å². The minimum absolute atomic E-state index is 0.0509. The summed E-state index contributed by atoms with van der Waals surface area (Å²) < 4.78 is 13.7. The number of aliphatic hydroxyl groups is 1. The average molecular weight is 265 g/mol. The molecule has 2 unspecified atom stereocenters. The van der Waals surface area contributed by atoms with Gasteiger partial charge in [-0.15, -0.1) is 0 Å². The molecule has 1 aliphatic heterocycles. The van der Waals surface area contributed by atoms with Crippen LogP contribution in [0.4, 0.5) is 4.39 Å². The Morgan fingerprint density at radius 1 is 1.16 bits per heavy atom. The first-order valence-corrected chi connectivity index (χ1v) is 7.33. The molecule has 1 heterocycles. The van der Waals surface area contributed by atoms with Gasteiger partial charge in [0.25, 0.3) is 0 Å². The summed E-state index contributed by atoms with van der Waals surface area (Å²) in [4.78, 5) is 2.40. The zero-order valence-corrected chi connectivity index (χ0v) is 11.7. The van der Waals surface area contributed by atoms with Crippen LogP contribution in [0.15, 0.2) is 24.3 Å². The van der Waals surface area contributed by atoms with E-state index in [2.05, 4.69) is 4.90 Å². The van der Waals surface area contributed by atoms with Crippen molar-refractivity contribution in [1.29, 1.82) is 0 Å². The number of benzene rings is 1. The second-order valence-electron chi connectivity index (χ2n) is 5.66. The highest BCUT2D eigenvalue weighted by Gasteiger charge is 2.22. The lowest BCUT2D eigenvalue weighted by molar-refractivity contribution is 0.0861. The van der Waals surface area contributed by atoms with Crippen molar-refractivity contribution in [2.75, 3.05) is 19.6 Å². The summed E-state index contributed by atoms with van der Waals surface area (Å²) in [7, 11) is 0. The molecule has 0 radical (unpaired) electrons. The maximum Gasteiger partial charge on any atom is 0.129 e. The van der Waals surface area contributed by atoms with Crippen LogP contribution < -0.4 is 0 Å². The Morgan fingerprint density at radius 3 is 2.42 bits per heavy atom. The van der Waals surface area contributed by atoms with E-state index >= 15 is 0 Å². The molecule has 0 bridgehead atoms. The van der Waals surface area contributed by atoms with Crippen LogP contribution >= 0.6 is 0 Å². The van der Waals surface area contributed by atoms with Gasteiger partial charge in [-0.2, -0.15) is 0 Å². The van der Waals surface area contributed by atoms with Gasteiger partial charge in [-0.3, -0.25) is 0 Å². The molecule has 1 N–H and O–H groups in total. The molecule has 19 heavy (non-hydrogen) atoms. The van der Waals surface area contributed by atoms with Crippen LogP contribution in [0, 0.1) is 11.7 Å². The Morgan fingerprint density at radius 2 is 1.79 bits per heavy atom. The zero-order valence-electron chi connectivity index (χ0n) is 11.7. The molecule has 0 aromatic heterocycles. The molecule has 2 nitrogen and oxygen atoms in total. The molecular formula is C16H24FNO. The summed E-state index contributed by atoms with van der Waals surface area (Å²) in [5.74, 6) is -0.257. The Balaban J connectivity index is 1.95.